The highest BCUT2D eigenvalue weighted by Gasteiger charge is 2.30. The monoisotopic (exact) mass is 509 g/mol. The number of rotatable bonds is 7. The van der Waals surface area contributed by atoms with Crippen molar-refractivity contribution >= 4 is 49.6 Å². The number of methoxy groups -OCH3 is 1. The fourth-order valence-electron chi connectivity index (χ4n) is 4.28. The zero-order valence-electron chi connectivity index (χ0n) is 18.2. The molecule has 9 nitrogen and oxygen atoms in total. The van der Waals surface area contributed by atoms with Gasteiger partial charge in [-0.15, -0.1) is 0 Å². The fraction of sp³-hybridized carbons (Fsp3) is 0.348. The summed E-state index contributed by atoms with van der Waals surface area (Å²) in [7, 11) is 1.63. The van der Waals surface area contributed by atoms with Crippen molar-refractivity contribution in [1.82, 2.24) is 30.0 Å². The molecule has 170 valence electrons. The standard InChI is InChI=1S/C23H24BrN7O2/c1-33-9-8-26-22(32)15-2-4-17(10-15)28-23-27-13-19-20(24)30-31(21(19)29-23)18-5-3-14-6-7-25-12-16(14)11-18/h3,5-7,11-13,15,17H,2,4,8-10H2,1H3,(H,26,32)(H,27,28,29)/t15-,17-/m1/s1. The molecule has 1 aliphatic carbocycles. The summed E-state index contributed by atoms with van der Waals surface area (Å²) in [5.41, 5.74) is 1.60. The topological polar surface area (TPSA) is 107 Å². The van der Waals surface area contributed by atoms with Crippen LogP contribution in [0.1, 0.15) is 19.3 Å². The average molecular weight is 510 g/mol. The van der Waals surface area contributed by atoms with Crippen molar-refractivity contribution < 1.29 is 9.53 Å². The highest BCUT2D eigenvalue weighted by Crippen LogP contribution is 2.29. The number of fused-ring (bicyclic) bond motifs is 2. The number of hydrogen-bond acceptors (Lipinski definition) is 7. The molecule has 0 spiro atoms. The van der Waals surface area contributed by atoms with Crippen LogP contribution in [0.5, 0.6) is 0 Å². The molecule has 3 heterocycles. The van der Waals surface area contributed by atoms with E-state index in [4.69, 9.17) is 9.72 Å². The number of nitrogens with one attached hydrogen (secondary N) is 2. The minimum atomic E-state index is -0.00558. The highest BCUT2D eigenvalue weighted by molar-refractivity contribution is 9.10. The van der Waals surface area contributed by atoms with Crippen LogP contribution in [-0.2, 0) is 9.53 Å². The molecule has 0 bridgehead atoms. The van der Waals surface area contributed by atoms with Gasteiger partial charge in [0, 0.05) is 49.6 Å². The van der Waals surface area contributed by atoms with Crippen LogP contribution in [0.25, 0.3) is 27.5 Å². The molecule has 33 heavy (non-hydrogen) atoms. The van der Waals surface area contributed by atoms with E-state index < -0.39 is 0 Å². The number of carbonyl (C=O) groups excluding carboxylic acids is 1. The van der Waals surface area contributed by atoms with Crippen LogP contribution in [0, 0.1) is 5.92 Å². The smallest absolute Gasteiger partial charge is 0.224 e. The van der Waals surface area contributed by atoms with Crippen LogP contribution < -0.4 is 10.6 Å². The van der Waals surface area contributed by atoms with E-state index in [0.29, 0.717) is 29.4 Å². The Morgan fingerprint density at radius 2 is 2.15 bits per heavy atom. The van der Waals surface area contributed by atoms with E-state index in [9.17, 15) is 4.79 Å². The molecule has 1 amide bonds. The lowest BCUT2D eigenvalue weighted by atomic mass is 10.1. The van der Waals surface area contributed by atoms with Gasteiger partial charge < -0.3 is 15.4 Å². The van der Waals surface area contributed by atoms with Crippen LogP contribution in [0.3, 0.4) is 0 Å². The first-order valence-electron chi connectivity index (χ1n) is 10.9. The summed E-state index contributed by atoms with van der Waals surface area (Å²) in [5.74, 6) is 0.610. The first-order valence-corrected chi connectivity index (χ1v) is 11.7. The van der Waals surface area contributed by atoms with E-state index in [1.54, 1.807) is 24.2 Å². The van der Waals surface area contributed by atoms with Crippen molar-refractivity contribution in [2.45, 2.75) is 25.3 Å². The van der Waals surface area contributed by atoms with E-state index in [0.717, 1.165) is 41.1 Å². The van der Waals surface area contributed by atoms with Gasteiger partial charge in [-0.3, -0.25) is 9.78 Å². The van der Waals surface area contributed by atoms with E-state index in [2.05, 4.69) is 41.6 Å². The van der Waals surface area contributed by atoms with Gasteiger partial charge in [0.2, 0.25) is 11.9 Å². The van der Waals surface area contributed by atoms with E-state index in [1.807, 2.05) is 30.5 Å². The SMILES string of the molecule is COCCNC(=O)[C@@H]1CC[C@@H](Nc2ncc3c(Br)nn(-c4ccc5ccncc5c4)c3n2)C1. The van der Waals surface area contributed by atoms with Gasteiger partial charge in [-0.2, -0.15) is 10.1 Å². The third kappa shape index (κ3) is 4.53. The number of amides is 1. The highest BCUT2D eigenvalue weighted by atomic mass is 79.9. The second kappa shape index (κ2) is 9.40. The number of carbonyl (C=O) groups is 1. The maximum atomic E-state index is 12.3. The molecule has 2 atom stereocenters. The first kappa shape index (κ1) is 21.7. The maximum Gasteiger partial charge on any atom is 0.224 e. The van der Waals surface area contributed by atoms with Crippen LogP contribution in [0.4, 0.5) is 5.95 Å². The molecule has 0 radical (unpaired) electrons. The minimum Gasteiger partial charge on any atom is -0.383 e. The van der Waals surface area contributed by atoms with Crippen molar-refractivity contribution in [2.24, 2.45) is 5.92 Å². The van der Waals surface area contributed by atoms with Gasteiger partial charge in [-0.1, -0.05) is 6.07 Å². The summed E-state index contributed by atoms with van der Waals surface area (Å²) in [5, 5.41) is 13.9. The van der Waals surface area contributed by atoms with Crippen LogP contribution in [0.2, 0.25) is 0 Å². The number of pyridine rings is 1. The Kier molecular flexibility index (Phi) is 6.19. The van der Waals surface area contributed by atoms with Crippen LogP contribution >= 0.6 is 15.9 Å². The van der Waals surface area contributed by atoms with E-state index >= 15 is 0 Å². The normalized spacial score (nSPS) is 18.1. The molecule has 1 fully saturated rings. The summed E-state index contributed by atoms with van der Waals surface area (Å²) in [6.07, 6.45) is 7.87. The van der Waals surface area contributed by atoms with Gasteiger partial charge in [0.1, 0.15) is 4.60 Å². The van der Waals surface area contributed by atoms with Gasteiger partial charge in [-0.25, -0.2) is 9.67 Å². The second-order valence-electron chi connectivity index (χ2n) is 8.18. The molecular weight excluding hydrogens is 486 g/mol. The molecule has 1 aliphatic rings. The second-order valence-corrected chi connectivity index (χ2v) is 8.93. The van der Waals surface area contributed by atoms with Crippen molar-refractivity contribution in [1.29, 1.82) is 0 Å². The molecule has 2 N–H and O–H groups in total. The third-order valence-electron chi connectivity index (χ3n) is 5.99. The Bertz CT molecular complexity index is 1310. The molecule has 10 heteroatoms. The Balaban J connectivity index is 1.36. The van der Waals surface area contributed by atoms with Gasteiger partial charge in [-0.05, 0) is 58.8 Å². The van der Waals surface area contributed by atoms with Crippen molar-refractivity contribution in [3.05, 3.63) is 47.5 Å². The first-order chi connectivity index (χ1) is 16.1. The lowest BCUT2D eigenvalue weighted by Gasteiger charge is -2.14. The van der Waals surface area contributed by atoms with Crippen LogP contribution in [-0.4, -0.2) is 56.9 Å². The summed E-state index contributed by atoms with van der Waals surface area (Å²) in [4.78, 5) is 25.8. The average Bonchev–Trinajstić information content (AvgIpc) is 3.43. The largest absolute Gasteiger partial charge is 0.383 e. The third-order valence-corrected chi connectivity index (χ3v) is 6.58. The molecule has 0 unspecified atom stereocenters. The predicted molar refractivity (Wildman–Crippen MR) is 129 cm³/mol. The molecule has 0 aliphatic heterocycles. The fourth-order valence-corrected chi connectivity index (χ4v) is 4.71. The van der Waals surface area contributed by atoms with Crippen molar-refractivity contribution in [2.75, 3.05) is 25.6 Å². The number of benzene rings is 1. The number of hydrogen-bond donors (Lipinski definition) is 2. The van der Waals surface area contributed by atoms with Gasteiger partial charge in [0.05, 0.1) is 17.7 Å². The Morgan fingerprint density at radius 3 is 3.03 bits per heavy atom. The maximum absolute atomic E-state index is 12.3. The van der Waals surface area contributed by atoms with Crippen molar-refractivity contribution in [3.8, 4) is 5.69 Å². The Hall–Kier alpha value is -3.11. The summed E-state index contributed by atoms with van der Waals surface area (Å²) in [6.45, 7) is 1.05. The number of ether oxygens (including phenoxy) is 1. The quantitative estimate of drug-likeness (QED) is 0.367. The molecule has 3 aromatic heterocycles. The zero-order chi connectivity index (χ0) is 22.8. The Morgan fingerprint density at radius 1 is 1.24 bits per heavy atom. The lowest BCUT2D eigenvalue weighted by Crippen LogP contribution is -2.32. The Labute approximate surface area is 199 Å². The molecule has 1 aromatic carbocycles. The number of halogens is 1. The molecule has 4 aromatic rings. The van der Waals surface area contributed by atoms with E-state index in [1.165, 1.54) is 0 Å². The van der Waals surface area contributed by atoms with Gasteiger partial charge in [0.25, 0.3) is 0 Å². The van der Waals surface area contributed by atoms with E-state index in [-0.39, 0.29) is 17.9 Å². The number of anilines is 1. The van der Waals surface area contributed by atoms with Crippen LogP contribution in [0.15, 0.2) is 47.5 Å². The molecule has 0 saturated heterocycles. The number of nitrogens with zero attached hydrogens (tertiary/aromatic N) is 5. The lowest BCUT2D eigenvalue weighted by molar-refractivity contribution is -0.125. The molecular formula is C23H24BrN7O2. The minimum absolute atomic E-state index is 0.00558. The van der Waals surface area contributed by atoms with Gasteiger partial charge >= 0.3 is 0 Å². The summed E-state index contributed by atoms with van der Waals surface area (Å²) in [6, 6.07) is 8.23. The predicted octanol–water partition coefficient (Wildman–Crippen LogP) is 3.47. The van der Waals surface area contributed by atoms with Crippen molar-refractivity contribution in [3.63, 3.8) is 0 Å². The molecule has 1 saturated carbocycles. The zero-order valence-corrected chi connectivity index (χ0v) is 19.7. The number of aromatic nitrogens is 5. The summed E-state index contributed by atoms with van der Waals surface area (Å²) < 4.78 is 7.49. The van der Waals surface area contributed by atoms with Gasteiger partial charge in [0.15, 0.2) is 5.65 Å². The summed E-state index contributed by atoms with van der Waals surface area (Å²) >= 11 is 3.53. The molecule has 5 rings (SSSR count).